The molecule has 0 unspecified atom stereocenters. The fourth-order valence-electron chi connectivity index (χ4n) is 16.0. The molecule has 8 aromatic heterocycles. The second-order valence-corrected chi connectivity index (χ2v) is 29.4. The zero-order chi connectivity index (χ0) is 80.5. The molecule has 0 bridgehead atoms. The van der Waals surface area contributed by atoms with Crippen molar-refractivity contribution in [2.24, 2.45) is 28.2 Å². The molecule has 20 aromatic rings. The third-order valence-corrected chi connectivity index (χ3v) is 21.8. The van der Waals surface area contributed by atoms with Crippen LogP contribution in [0.1, 0.15) is 27.8 Å². The minimum Gasteiger partial charge on any atom is -0.455 e. The second kappa shape index (κ2) is 30.5. The smallest absolute Gasteiger partial charge is 0.216 e. The molecular formula is C101H75F7N4O4+4. The number of furan rings is 4. The fraction of sp³-hybridized carbons (Fsp3) is 0.0891. The van der Waals surface area contributed by atoms with Gasteiger partial charge in [-0.15, -0.1) is 0 Å². The summed E-state index contributed by atoms with van der Waals surface area (Å²) >= 11 is 0. The number of benzene rings is 12. The molecule has 0 aliphatic heterocycles. The predicted molar refractivity (Wildman–Crippen MR) is 446 cm³/mol. The Kier molecular flexibility index (Phi) is 19.6. The van der Waals surface area contributed by atoms with Gasteiger partial charge in [-0.2, -0.15) is 0 Å². The van der Waals surface area contributed by atoms with Crippen LogP contribution in [0.2, 0.25) is 0 Å². The minimum absolute atomic E-state index is 0.214. The van der Waals surface area contributed by atoms with Crippen LogP contribution in [0.4, 0.5) is 30.7 Å². The Morgan fingerprint density at radius 2 is 0.603 bits per heavy atom. The zero-order valence-corrected chi connectivity index (χ0v) is 64.8. The third-order valence-electron chi connectivity index (χ3n) is 21.8. The lowest BCUT2D eigenvalue weighted by atomic mass is 9.97. The number of fused-ring (bicyclic) bond motifs is 12. The molecular weight excluding hydrogens is 1470 g/mol. The fourth-order valence-corrected chi connectivity index (χ4v) is 16.0. The summed E-state index contributed by atoms with van der Waals surface area (Å²) in [6.45, 7) is 9.89. The first-order chi connectivity index (χ1) is 56.1. The zero-order valence-electron chi connectivity index (χ0n) is 64.8. The lowest BCUT2D eigenvalue weighted by Crippen LogP contribution is -2.31. The molecule has 20 rings (SSSR count). The van der Waals surface area contributed by atoms with Gasteiger partial charge in [0.25, 0.3) is 0 Å². The highest BCUT2D eigenvalue weighted by Gasteiger charge is 2.29. The van der Waals surface area contributed by atoms with E-state index < -0.39 is 23.3 Å². The highest BCUT2D eigenvalue weighted by Crippen LogP contribution is 2.45. The summed E-state index contributed by atoms with van der Waals surface area (Å²) in [6, 6.07) is 81.6. The maximum Gasteiger partial charge on any atom is 0.216 e. The van der Waals surface area contributed by atoms with Crippen LogP contribution < -0.4 is 18.3 Å². The Hall–Kier alpha value is -14.1. The van der Waals surface area contributed by atoms with E-state index in [0.29, 0.717) is 65.8 Å². The van der Waals surface area contributed by atoms with E-state index >= 15 is 0 Å². The van der Waals surface area contributed by atoms with Gasteiger partial charge in [0.1, 0.15) is 102 Å². The molecule has 0 saturated heterocycles. The van der Waals surface area contributed by atoms with Gasteiger partial charge >= 0.3 is 0 Å². The van der Waals surface area contributed by atoms with E-state index in [0.717, 1.165) is 123 Å². The minimum atomic E-state index is -0.649. The molecule has 0 spiro atoms. The van der Waals surface area contributed by atoms with Crippen LogP contribution in [-0.2, 0) is 28.2 Å². The van der Waals surface area contributed by atoms with Crippen molar-refractivity contribution < 1.29 is 66.7 Å². The van der Waals surface area contributed by atoms with E-state index in [4.69, 9.17) is 17.7 Å². The van der Waals surface area contributed by atoms with Crippen LogP contribution in [0.5, 0.6) is 0 Å². The average molecular weight is 1540 g/mol. The van der Waals surface area contributed by atoms with Gasteiger partial charge in [0.05, 0.1) is 38.4 Å². The summed E-state index contributed by atoms with van der Waals surface area (Å²) < 4.78 is 131. The molecule has 0 aliphatic carbocycles. The van der Waals surface area contributed by atoms with Gasteiger partial charge in [-0.25, -0.2) is 49.0 Å². The Morgan fingerprint density at radius 3 is 1.07 bits per heavy atom. The first kappa shape index (κ1) is 74.7. The first-order valence-corrected chi connectivity index (χ1v) is 37.9. The summed E-state index contributed by atoms with van der Waals surface area (Å²) in [7, 11) is 7.91. The molecule has 0 radical (unpaired) electrons. The maximum absolute atomic E-state index is 14.9. The Morgan fingerprint density at radius 1 is 0.233 bits per heavy atom. The number of rotatable bonds is 8. The third kappa shape index (κ3) is 13.8. The SMILES string of the molecule is Cc1cc(F)c2c(oc3cc(F)ccc32)c1-c1cc(-c2ccccc2)cc[n+]1C.Cc1ccc2c(oc3cc(F)cc(F)c32)c1-c1cc(-c2ccccc2)cc[n+]1C.Cc1ccc2c(oc3cc(F)ccc32)c1-c1cc(-c2ccccc2)cc[n+]1C.Cc1ccccc1-c1ccc(-c2c(C)cc(F)c3c2oc2cc(F)ccc23)[n+](C)c1. The van der Waals surface area contributed by atoms with Crippen LogP contribution >= 0.6 is 0 Å². The molecule has 8 nitrogen and oxygen atoms in total. The lowest BCUT2D eigenvalue weighted by molar-refractivity contribution is -0.660. The highest BCUT2D eigenvalue weighted by molar-refractivity contribution is 6.13. The monoisotopic (exact) mass is 1540 g/mol. The van der Waals surface area contributed by atoms with Crippen molar-refractivity contribution in [3.8, 4) is 89.5 Å². The molecule has 0 atom stereocenters. The molecule has 0 saturated carbocycles. The van der Waals surface area contributed by atoms with Crippen molar-refractivity contribution in [2.45, 2.75) is 34.6 Å². The molecule has 15 heteroatoms. The molecule has 0 aliphatic rings. The number of aryl methyl sites for hydroxylation is 9. The van der Waals surface area contributed by atoms with Gasteiger partial charge in [0.2, 0.25) is 22.8 Å². The Labute approximate surface area is 663 Å². The number of aromatic nitrogens is 4. The molecule has 0 amide bonds. The summed E-state index contributed by atoms with van der Waals surface area (Å²) in [6.07, 6.45) is 8.11. The van der Waals surface area contributed by atoms with Crippen LogP contribution in [0.3, 0.4) is 0 Å². The summed E-state index contributed by atoms with van der Waals surface area (Å²) in [5, 5.41) is 4.79. The first-order valence-electron chi connectivity index (χ1n) is 37.9. The van der Waals surface area contributed by atoms with E-state index in [1.54, 1.807) is 18.2 Å². The number of nitrogens with zero attached hydrogens (tertiary/aromatic N) is 4. The summed E-state index contributed by atoms with van der Waals surface area (Å²) in [4.78, 5) is 0. The lowest BCUT2D eigenvalue weighted by Gasteiger charge is -2.09. The van der Waals surface area contributed by atoms with Crippen LogP contribution in [0.15, 0.2) is 309 Å². The average Bonchev–Trinajstić information content (AvgIpc) is 1.58. The van der Waals surface area contributed by atoms with Gasteiger partial charge in [-0.1, -0.05) is 140 Å². The maximum atomic E-state index is 14.9. The van der Waals surface area contributed by atoms with Crippen LogP contribution in [0.25, 0.3) is 177 Å². The number of halogens is 7. The van der Waals surface area contributed by atoms with Gasteiger partial charge in [-0.3, -0.25) is 0 Å². The normalized spacial score (nSPS) is 11.4. The van der Waals surface area contributed by atoms with Gasteiger partial charge in [-0.05, 0) is 156 Å². The van der Waals surface area contributed by atoms with Gasteiger partial charge in [0.15, 0.2) is 36.0 Å². The standard InChI is InChI=1S/C26H20F2NO.2C25H18F2NO.C25H19FNO/c1-15-6-4-5-7-19(15)17-8-11-22(29(3)14-17)24-16(2)12-21(28)25-20-10-9-18(27)13-23(20)30-26(24)25;1-15-12-20(27)24-19-9-8-18(26)14-22(19)29-25(24)23(15)21-13-17(10-11-28(21)2)16-6-4-3-5-7-16;1-15-8-9-19-24-20(27)13-18(26)14-22(24)29-25(19)23(15)21-12-17(10-11-28(21)2)16-6-4-3-5-7-16;1-16-8-10-21-20-11-9-19(26)15-23(20)28-25(21)24(16)22-14-18(12-13-27(22)2)17-6-4-3-5-7-17/h4-14H,1-3H3;2*3-14H,1-2H3;3-15H,1-2H3/q4*+1. The van der Waals surface area contributed by atoms with Crippen molar-refractivity contribution in [1.29, 1.82) is 0 Å². The van der Waals surface area contributed by atoms with Crippen molar-refractivity contribution in [3.05, 3.63) is 360 Å². The predicted octanol–water partition coefficient (Wildman–Crippen LogP) is 25.5. The van der Waals surface area contributed by atoms with E-state index in [2.05, 4.69) is 128 Å². The van der Waals surface area contributed by atoms with E-state index in [-0.39, 0.29) is 23.0 Å². The number of hydrogen-bond acceptors (Lipinski definition) is 4. The van der Waals surface area contributed by atoms with Crippen molar-refractivity contribution >= 4 is 87.8 Å². The van der Waals surface area contributed by atoms with E-state index in [1.807, 2.05) is 166 Å². The molecule has 8 heterocycles. The topological polar surface area (TPSA) is 68.1 Å². The van der Waals surface area contributed by atoms with Crippen LogP contribution in [-0.4, -0.2) is 0 Å². The quantitative estimate of drug-likeness (QED) is 0.112. The Balaban J connectivity index is 0.000000111. The van der Waals surface area contributed by atoms with Gasteiger partial charge < -0.3 is 17.7 Å². The molecule has 0 N–H and O–H groups in total. The molecule has 568 valence electrons. The second-order valence-electron chi connectivity index (χ2n) is 29.4. The number of hydrogen-bond donors (Lipinski definition) is 0. The van der Waals surface area contributed by atoms with E-state index in [1.165, 1.54) is 71.3 Å². The summed E-state index contributed by atoms with van der Waals surface area (Å²) in [5.74, 6) is -3.11. The number of pyridine rings is 4. The van der Waals surface area contributed by atoms with Gasteiger partial charge in [0, 0.05) is 105 Å². The van der Waals surface area contributed by atoms with Crippen molar-refractivity contribution in [3.63, 3.8) is 0 Å². The molecule has 12 aromatic carbocycles. The van der Waals surface area contributed by atoms with E-state index in [9.17, 15) is 30.7 Å². The van der Waals surface area contributed by atoms with Crippen molar-refractivity contribution in [2.75, 3.05) is 0 Å². The van der Waals surface area contributed by atoms with Crippen molar-refractivity contribution in [1.82, 2.24) is 0 Å². The van der Waals surface area contributed by atoms with Crippen LogP contribution in [0, 0.1) is 75.3 Å². The highest BCUT2D eigenvalue weighted by atomic mass is 19.2. The molecule has 0 fully saturated rings. The summed E-state index contributed by atoms with van der Waals surface area (Å²) in [5.41, 5.74) is 24.8. The Bertz CT molecular complexity index is 7290. The molecule has 116 heavy (non-hydrogen) atoms. The largest absolute Gasteiger partial charge is 0.455 e.